The summed E-state index contributed by atoms with van der Waals surface area (Å²) in [6.45, 7) is 3.80. The van der Waals surface area contributed by atoms with Crippen LogP contribution in [0.4, 0.5) is 11.8 Å². The fourth-order valence-electron chi connectivity index (χ4n) is 2.52. The van der Waals surface area contributed by atoms with Crippen LogP contribution in [0.2, 0.25) is 0 Å². The average molecular weight is 329 g/mol. The number of aliphatic hydroxyl groups excluding tert-OH is 1. The molecule has 1 aromatic heterocycles. The molecule has 1 heterocycles. The van der Waals surface area contributed by atoms with Gasteiger partial charge < -0.3 is 15.7 Å². The normalized spacial score (nSPS) is 17.4. The number of aliphatic hydroxyl groups is 1. The Balaban J connectivity index is 2.03. The Morgan fingerprint density at radius 2 is 2.11 bits per heavy atom. The van der Waals surface area contributed by atoms with Crippen molar-refractivity contribution in [2.75, 3.05) is 30.3 Å². The fourth-order valence-corrected chi connectivity index (χ4v) is 2.85. The van der Waals surface area contributed by atoms with E-state index in [0.29, 0.717) is 5.95 Å². The molecule has 1 aromatic rings. The van der Waals surface area contributed by atoms with Crippen LogP contribution in [-0.4, -0.2) is 34.8 Å². The van der Waals surface area contributed by atoms with Crippen LogP contribution in [0, 0.1) is 5.41 Å². The monoisotopic (exact) mass is 328 g/mol. The number of hydrogen-bond donors (Lipinski definition) is 3. The number of halogens is 1. The van der Waals surface area contributed by atoms with Gasteiger partial charge in [-0.15, -0.1) is 0 Å². The Kier molecular flexibility index (Phi) is 4.99. The zero-order valence-corrected chi connectivity index (χ0v) is 12.8. The van der Waals surface area contributed by atoms with E-state index >= 15 is 0 Å². The van der Waals surface area contributed by atoms with E-state index in [9.17, 15) is 5.11 Å². The van der Waals surface area contributed by atoms with Gasteiger partial charge in [-0.05, 0) is 35.7 Å². The minimum Gasteiger partial charge on any atom is -0.396 e. The topological polar surface area (TPSA) is 70.1 Å². The van der Waals surface area contributed by atoms with Gasteiger partial charge in [0.2, 0.25) is 5.95 Å². The van der Waals surface area contributed by atoms with E-state index in [-0.39, 0.29) is 12.0 Å². The predicted octanol–water partition coefficient (Wildman–Crippen LogP) is 2.64. The standard InChI is InChI=1S/C13H21BrN4O/c1-2-15-12-16-7-10(14)11(18-12)17-8-13(9-19)5-3-4-6-13/h7,19H,2-6,8-9H2,1H3,(H2,15,16,17,18). The SMILES string of the molecule is CCNc1ncc(Br)c(NCC2(CO)CCCC2)n1. The van der Waals surface area contributed by atoms with Crippen LogP contribution in [-0.2, 0) is 0 Å². The maximum atomic E-state index is 9.61. The first-order valence-corrected chi connectivity index (χ1v) is 7.59. The summed E-state index contributed by atoms with van der Waals surface area (Å²) in [5.41, 5.74) is 0.0166. The highest BCUT2D eigenvalue weighted by molar-refractivity contribution is 9.10. The molecule has 0 aromatic carbocycles. The lowest BCUT2D eigenvalue weighted by Gasteiger charge is -2.27. The van der Waals surface area contributed by atoms with Crippen molar-refractivity contribution in [2.24, 2.45) is 5.41 Å². The van der Waals surface area contributed by atoms with Crippen LogP contribution in [0.15, 0.2) is 10.7 Å². The molecule has 3 N–H and O–H groups in total. The van der Waals surface area contributed by atoms with Crippen molar-refractivity contribution in [3.63, 3.8) is 0 Å². The second-order valence-corrected chi connectivity index (χ2v) is 5.99. The molecule has 0 unspecified atom stereocenters. The zero-order valence-electron chi connectivity index (χ0n) is 11.2. The summed E-state index contributed by atoms with van der Waals surface area (Å²) in [5.74, 6) is 1.41. The van der Waals surface area contributed by atoms with Crippen LogP contribution < -0.4 is 10.6 Å². The number of aromatic nitrogens is 2. The van der Waals surface area contributed by atoms with Crippen molar-refractivity contribution in [1.82, 2.24) is 9.97 Å². The highest BCUT2D eigenvalue weighted by Crippen LogP contribution is 2.38. The molecule has 0 atom stereocenters. The summed E-state index contributed by atoms with van der Waals surface area (Å²) in [5, 5.41) is 16.0. The Hall–Kier alpha value is -0.880. The molecule has 0 radical (unpaired) electrons. The Bertz CT molecular complexity index is 421. The van der Waals surface area contributed by atoms with Gasteiger partial charge in [0.25, 0.3) is 0 Å². The molecule has 1 aliphatic rings. The van der Waals surface area contributed by atoms with Gasteiger partial charge >= 0.3 is 0 Å². The molecule has 0 saturated heterocycles. The summed E-state index contributed by atoms with van der Waals surface area (Å²) < 4.78 is 0.847. The molecule has 1 aliphatic carbocycles. The predicted molar refractivity (Wildman–Crippen MR) is 80.4 cm³/mol. The molecule has 19 heavy (non-hydrogen) atoms. The van der Waals surface area contributed by atoms with Gasteiger partial charge in [0.1, 0.15) is 5.82 Å². The summed E-state index contributed by atoms with van der Waals surface area (Å²) in [6.07, 6.45) is 6.32. The van der Waals surface area contributed by atoms with Crippen molar-refractivity contribution in [3.8, 4) is 0 Å². The maximum absolute atomic E-state index is 9.61. The van der Waals surface area contributed by atoms with E-state index in [4.69, 9.17) is 0 Å². The largest absolute Gasteiger partial charge is 0.396 e. The Labute approximate surface area is 122 Å². The van der Waals surface area contributed by atoms with Crippen LogP contribution >= 0.6 is 15.9 Å². The highest BCUT2D eigenvalue weighted by atomic mass is 79.9. The minimum absolute atomic E-state index is 0.0166. The van der Waals surface area contributed by atoms with E-state index in [1.807, 2.05) is 6.92 Å². The van der Waals surface area contributed by atoms with Crippen molar-refractivity contribution in [2.45, 2.75) is 32.6 Å². The van der Waals surface area contributed by atoms with E-state index < -0.39 is 0 Å². The smallest absolute Gasteiger partial charge is 0.224 e. The van der Waals surface area contributed by atoms with Crippen LogP contribution in [0.25, 0.3) is 0 Å². The summed E-state index contributed by atoms with van der Waals surface area (Å²) >= 11 is 3.45. The molecule has 0 amide bonds. The zero-order chi connectivity index (χ0) is 13.7. The lowest BCUT2D eigenvalue weighted by Crippen LogP contribution is -2.31. The minimum atomic E-state index is 0.0166. The number of anilines is 2. The molecule has 1 saturated carbocycles. The van der Waals surface area contributed by atoms with Gasteiger partial charge in [0, 0.05) is 24.7 Å². The third-order valence-corrected chi connectivity index (χ3v) is 4.29. The second-order valence-electron chi connectivity index (χ2n) is 5.14. The molecule has 6 heteroatoms. The molecule has 0 spiro atoms. The molecule has 2 rings (SSSR count). The average Bonchev–Trinajstić information content (AvgIpc) is 2.89. The Morgan fingerprint density at radius 3 is 2.74 bits per heavy atom. The molecular weight excluding hydrogens is 308 g/mol. The highest BCUT2D eigenvalue weighted by Gasteiger charge is 2.33. The number of nitrogens with zero attached hydrogens (tertiary/aromatic N) is 2. The van der Waals surface area contributed by atoms with Gasteiger partial charge in [0.05, 0.1) is 11.1 Å². The van der Waals surface area contributed by atoms with E-state index in [0.717, 1.165) is 36.2 Å². The number of rotatable bonds is 6. The molecule has 1 fully saturated rings. The van der Waals surface area contributed by atoms with Gasteiger partial charge in [-0.1, -0.05) is 12.8 Å². The van der Waals surface area contributed by atoms with Crippen molar-refractivity contribution in [3.05, 3.63) is 10.7 Å². The fraction of sp³-hybridized carbons (Fsp3) is 0.692. The van der Waals surface area contributed by atoms with Crippen molar-refractivity contribution < 1.29 is 5.11 Å². The quantitative estimate of drug-likeness (QED) is 0.748. The summed E-state index contributed by atoms with van der Waals surface area (Å²) in [6, 6.07) is 0. The van der Waals surface area contributed by atoms with Gasteiger partial charge in [-0.2, -0.15) is 4.98 Å². The van der Waals surface area contributed by atoms with Crippen molar-refractivity contribution in [1.29, 1.82) is 0 Å². The van der Waals surface area contributed by atoms with Crippen molar-refractivity contribution >= 4 is 27.7 Å². The molecule has 0 aliphatic heterocycles. The third-order valence-electron chi connectivity index (χ3n) is 3.71. The first-order valence-electron chi connectivity index (χ1n) is 6.80. The van der Waals surface area contributed by atoms with Gasteiger partial charge in [-0.25, -0.2) is 4.98 Å². The maximum Gasteiger partial charge on any atom is 0.224 e. The second kappa shape index (κ2) is 6.52. The summed E-state index contributed by atoms with van der Waals surface area (Å²) in [7, 11) is 0. The number of hydrogen-bond acceptors (Lipinski definition) is 5. The van der Waals surface area contributed by atoms with E-state index in [1.165, 1.54) is 12.8 Å². The van der Waals surface area contributed by atoms with Gasteiger partial charge in [-0.3, -0.25) is 0 Å². The van der Waals surface area contributed by atoms with Crippen LogP contribution in [0.1, 0.15) is 32.6 Å². The first kappa shape index (κ1) is 14.5. The summed E-state index contributed by atoms with van der Waals surface area (Å²) in [4.78, 5) is 8.61. The van der Waals surface area contributed by atoms with E-state index in [1.54, 1.807) is 6.20 Å². The molecule has 0 bridgehead atoms. The number of nitrogens with one attached hydrogen (secondary N) is 2. The lowest BCUT2D eigenvalue weighted by atomic mass is 9.87. The van der Waals surface area contributed by atoms with Crippen LogP contribution in [0.3, 0.4) is 0 Å². The molecule has 5 nitrogen and oxygen atoms in total. The van der Waals surface area contributed by atoms with Crippen LogP contribution in [0.5, 0.6) is 0 Å². The van der Waals surface area contributed by atoms with Gasteiger partial charge in [0.15, 0.2) is 0 Å². The first-order chi connectivity index (χ1) is 9.19. The van der Waals surface area contributed by atoms with E-state index in [2.05, 4.69) is 36.5 Å². The molecule has 106 valence electrons. The molecular formula is C13H21BrN4O. The lowest BCUT2D eigenvalue weighted by molar-refractivity contribution is 0.142. The Morgan fingerprint density at radius 1 is 1.37 bits per heavy atom. The third kappa shape index (κ3) is 3.57.